The Bertz CT molecular complexity index is 890. The van der Waals surface area contributed by atoms with Crippen molar-refractivity contribution in [2.45, 2.75) is 12.0 Å². The first kappa shape index (κ1) is 17.5. The molecular formula is C19H17N3O4. The van der Waals surface area contributed by atoms with E-state index in [9.17, 15) is 14.7 Å². The molecule has 0 bridgehead atoms. The molecule has 132 valence electrons. The van der Waals surface area contributed by atoms with Crippen LogP contribution in [0.25, 0.3) is 0 Å². The van der Waals surface area contributed by atoms with Gasteiger partial charge in [-0.3, -0.25) is 9.59 Å². The van der Waals surface area contributed by atoms with Gasteiger partial charge >= 0.3 is 11.8 Å². The SMILES string of the molecule is N#Cc1ccccc1NC(=O)C(=O)NCC1(O)CCOc2ccccc21. The molecule has 0 aliphatic carbocycles. The van der Waals surface area contributed by atoms with E-state index >= 15 is 0 Å². The van der Waals surface area contributed by atoms with Crippen molar-refractivity contribution in [3.05, 3.63) is 59.7 Å². The molecule has 1 atom stereocenters. The lowest BCUT2D eigenvalue weighted by Crippen LogP contribution is -2.46. The lowest BCUT2D eigenvalue weighted by molar-refractivity contribution is -0.137. The summed E-state index contributed by atoms with van der Waals surface area (Å²) in [4.78, 5) is 24.2. The lowest BCUT2D eigenvalue weighted by Gasteiger charge is -2.34. The Morgan fingerprint density at radius 1 is 1.15 bits per heavy atom. The maximum absolute atomic E-state index is 12.1. The number of anilines is 1. The number of para-hydroxylation sites is 2. The van der Waals surface area contributed by atoms with Gasteiger partial charge in [0.1, 0.15) is 17.4 Å². The predicted molar refractivity (Wildman–Crippen MR) is 93.2 cm³/mol. The number of nitrogens with zero attached hydrogens (tertiary/aromatic N) is 1. The van der Waals surface area contributed by atoms with Crippen LogP contribution < -0.4 is 15.4 Å². The summed E-state index contributed by atoms with van der Waals surface area (Å²) in [5, 5.41) is 24.7. The molecule has 1 unspecified atom stereocenters. The summed E-state index contributed by atoms with van der Waals surface area (Å²) in [5.74, 6) is -1.24. The van der Waals surface area contributed by atoms with Crippen LogP contribution in [0.4, 0.5) is 5.69 Å². The number of benzene rings is 2. The second-order valence-electron chi connectivity index (χ2n) is 5.92. The van der Waals surface area contributed by atoms with Gasteiger partial charge in [-0.1, -0.05) is 30.3 Å². The van der Waals surface area contributed by atoms with E-state index in [0.29, 0.717) is 24.3 Å². The maximum Gasteiger partial charge on any atom is 0.313 e. The third kappa shape index (κ3) is 3.50. The van der Waals surface area contributed by atoms with Crippen LogP contribution in [0, 0.1) is 11.3 Å². The molecule has 0 aromatic heterocycles. The summed E-state index contributed by atoms with van der Waals surface area (Å²) in [6.07, 6.45) is 0.295. The fraction of sp³-hybridized carbons (Fsp3) is 0.211. The average Bonchev–Trinajstić information content (AvgIpc) is 2.67. The van der Waals surface area contributed by atoms with Crippen molar-refractivity contribution in [1.82, 2.24) is 5.32 Å². The number of hydrogen-bond donors (Lipinski definition) is 3. The normalized spacial score (nSPS) is 18.0. The summed E-state index contributed by atoms with van der Waals surface area (Å²) in [6, 6.07) is 15.4. The summed E-state index contributed by atoms with van der Waals surface area (Å²) in [7, 11) is 0. The molecule has 0 saturated carbocycles. The molecule has 2 amide bonds. The van der Waals surface area contributed by atoms with Gasteiger partial charge in [-0.25, -0.2) is 0 Å². The number of carbonyl (C=O) groups excluding carboxylic acids is 2. The highest BCUT2D eigenvalue weighted by Crippen LogP contribution is 2.36. The molecule has 0 spiro atoms. The largest absolute Gasteiger partial charge is 0.493 e. The second kappa shape index (κ2) is 7.25. The molecule has 7 heteroatoms. The Labute approximate surface area is 150 Å². The number of ether oxygens (including phenoxy) is 1. The van der Waals surface area contributed by atoms with E-state index in [0.717, 1.165) is 0 Å². The quantitative estimate of drug-likeness (QED) is 0.722. The number of nitrogens with one attached hydrogen (secondary N) is 2. The zero-order valence-corrected chi connectivity index (χ0v) is 13.9. The van der Waals surface area contributed by atoms with E-state index in [1.165, 1.54) is 12.1 Å². The van der Waals surface area contributed by atoms with Gasteiger partial charge in [0.25, 0.3) is 0 Å². The van der Waals surface area contributed by atoms with E-state index in [-0.39, 0.29) is 17.8 Å². The highest BCUT2D eigenvalue weighted by Gasteiger charge is 2.36. The van der Waals surface area contributed by atoms with Crippen molar-refractivity contribution in [1.29, 1.82) is 5.26 Å². The summed E-state index contributed by atoms with van der Waals surface area (Å²) in [5.41, 5.74) is -0.229. The van der Waals surface area contributed by atoms with Crippen LogP contribution in [-0.2, 0) is 15.2 Å². The van der Waals surface area contributed by atoms with E-state index in [4.69, 9.17) is 10.00 Å². The second-order valence-corrected chi connectivity index (χ2v) is 5.92. The van der Waals surface area contributed by atoms with E-state index in [2.05, 4.69) is 10.6 Å². The fourth-order valence-corrected chi connectivity index (χ4v) is 2.80. The third-order valence-corrected chi connectivity index (χ3v) is 4.20. The summed E-state index contributed by atoms with van der Waals surface area (Å²) in [6.45, 7) is 0.185. The zero-order chi connectivity index (χ0) is 18.6. The van der Waals surface area contributed by atoms with Crippen molar-refractivity contribution in [3.63, 3.8) is 0 Å². The minimum absolute atomic E-state index is 0.125. The first-order valence-electron chi connectivity index (χ1n) is 8.06. The number of fused-ring (bicyclic) bond motifs is 1. The predicted octanol–water partition coefficient (Wildman–Crippen LogP) is 1.28. The summed E-state index contributed by atoms with van der Waals surface area (Å²) < 4.78 is 5.50. The highest BCUT2D eigenvalue weighted by molar-refractivity contribution is 6.39. The number of hydrogen-bond acceptors (Lipinski definition) is 5. The molecule has 1 aliphatic heterocycles. The molecule has 0 radical (unpaired) electrons. The number of nitriles is 1. The molecule has 26 heavy (non-hydrogen) atoms. The van der Waals surface area contributed by atoms with Crippen LogP contribution in [-0.4, -0.2) is 30.1 Å². The van der Waals surface area contributed by atoms with Gasteiger partial charge in [0.05, 0.1) is 24.4 Å². The van der Waals surface area contributed by atoms with Crippen LogP contribution in [0.2, 0.25) is 0 Å². The Hall–Kier alpha value is -3.37. The Morgan fingerprint density at radius 3 is 2.69 bits per heavy atom. The van der Waals surface area contributed by atoms with Gasteiger partial charge < -0.3 is 20.5 Å². The monoisotopic (exact) mass is 351 g/mol. The van der Waals surface area contributed by atoms with Gasteiger partial charge in [0.2, 0.25) is 0 Å². The van der Waals surface area contributed by atoms with Crippen LogP contribution >= 0.6 is 0 Å². The van der Waals surface area contributed by atoms with Crippen molar-refractivity contribution >= 4 is 17.5 Å². The highest BCUT2D eigenvalue weighted by atomic mass is 16.5. The molecule has 2 aromatic carbocycles. The number of amides is 2. The number of aliphatic hydroxyl groups is 1. The smallest absolute Gasteiger partial charge is 0.313 e. The van der Waals surface area contributed by atoms with E-state index < -0.39 is 17.4 Å². The number of rotatable bonds is 3. The Morgan fingerprint density at radius 2 is 1.88 bits per heavy atom. The molecule has 0 fully saturated rings. The lowest BCUT2D eigenvalue weighted by atomic mass is 9.88. The summed E-state index contributed by atoms with van der Waals surface area (Å²) >= 11 is 0. The zero-order valence-electron chi connectivity index (χ0n) is 13.9. The average molecular weight is 351 g/mol. The molecule has 7 nitrogen and oxygen atoms in total. The van der Waals surface area contributed by atoms with Crippen molar-refractivity contribution in [3.8, 4) is 11.8 Å². The molecule has 1 aliphatic rings. The van der Waals surface area contributed by atoms with Crippen LogP contribution in [0.5, 0.6) is 5.75 Å². The fourth-order valence-electron chi connectivity index (χ4n) is 2.80. The molecular weight excluding hydrogens is 334 g/mol. The van der Waals surface area contributed by atoms with Gasteiger partial charge in [-0.15, -0.1) is 0 Å². The van der Waals surface area contributed by atoms with Crippen LogP contribution in [0.3, 0.4) is 0 Å². The standard InChI is InChI=1S/C19H17N3O4/c20-11-13-5-1-3-7-15(13)22-18(24)17(23)21-12-19(25)9-10-26-16-8-4-2-6-14(16)19/h1-8,25H,9-10,12H2,(H,21,23)(H,22,24). The molecule has 2 aromatic rings. The molecule has 1 heterocycles. The van der Waals surface area contributed by atoms with Crippen LogP contribution in [0.15, 0.2) is 48.5 Å². The minimum atomic E-state index is -1.31. The van der Waals surface area contributed by atoms with Gasteiger partial charge in [0, 0.05) is 12.0 Å². The third-order valence-electron chi connectivity index (χ3n) is 4.20. The van der Waals surface area contributed by atoms with Crippen LogP contribution in [0.1, 0.15) is 17.5 Å². The van der Waals surface area contributed by atoms with Crippen molar-refractivity contribution in [2.24, 2.45) is 0 Å². The first-order chi connectivity index (χ1) is 12.5. The Kier molecular flexibility index (Phi) is 4.87. The minimum Gasteiger partial charge on any atom is -0.493 e. The maximum atomic E-state index is 12.1. The Balaban J connectivity index is 1.66. The molecule has 3 N–H and O–H groups in total. The van der Waals surface area contributed by atoms with Gasteiger partial charge in [-0.2, -0.15) is 5.26 Å². The van der Waals surface area contributed by atoms with E-state index in [1.807, 2.05) is 6.07 Å². The van der Waals surface area contributed by atoms with Crippen molar-refractivity contribution in [2.75, 3.05) is 18.5 Å². The number of carbonyl (C=O) groups is 2. The van der Waals surface area contributed by atoms with Gasteiger partial charge in [0.15, 0.2) is 0 Å². The molecule has 0 saturated heterocycles. The van der Waals surface area contributed by atoms with E-state index in [1.54, 1.807) is 36.4 Å². The van der Waals surface area contributed by atoms with Gasteiger partial charge in [-0.05, 0) is 18.2 Å². The molecule has 3 rings (SSSR count). The topological polar surface area (TPSA) is 111 Å². The van der Waals surface area contributed by atoms with Crippen molar-refractivity contribution < 1.29 is 19.4 Å². The first-order valence-corrected chi connectivity index (χ1v) is 8.06.